The number of piperidine rings is 1. The van der Waals surface area contributed by atoms with Gasteiger partial charge in [-0.3, -0.25) is 4.79 Å². The van der Waals surface area contributed by atoms with Gasteiger partial charge in [-0.25, -0.2) is 13.6 Å². The largest absolute Gasteiger partial charge is 0.481 e. The summed E-state index contributed by atoms with van der Waals surface area (Å²) in [5.74, 6) is -1.97. The lowest BCUT2D eigenvalue weighted by Crippen LogP contribution is -2.41. The van der Waals surface area contributed by atoms with Gasteiger partial charge in [-0.2, -0.15) is 0 Å². The van der Waals surface area contributed by atoms with E-state index in [-0.39, 0.29) is 24.6 Å². The number of halogens is 3. The van der Waals surface area contributed by atoms with Gasteiger partial charge in [-0.05, 0) is 74.0 Å². The summed E-state index contributed by atoms with van der Waals surface area (Å²) in [6.07, 6.45) is 0.788. The summed E-state index contributed by atoms with van der Waals surface area (Å²) in [5, 5.41) is 9.47. The van der Waals surface area contributed by atoms with E-state index >= 15 is 0 Å². The van der Waals surface area contributed by atoms with Gasteiger partial charge in [0.15, 0.2) is 0 Å². The van der Waals surface area contributed by atoms with Crippen molar-refractivity contribution in [2.45, 2.75) is 37.1 Å². The number of rotatable bonds is 8. The summed E-state index contributed by atoms with van der Waals surface area (Å²) in [4.78, 5) is 25.7. The number of aliphatic carboxylic acids is 1. The van der Waals surface area contributed by atoms with Gasteiger partial charge in [0.1, 0.15) is 18.2 Å². The van der Waals surface area contributed by atoms with Crippen molar-refractivity contribution in [3.8, 4) is 0 Å². The maximum Gasteiger partial charge on any atom is 0.409 e. The minimum Gasteiger partial charge on any atom is -0.481 e. The fourth-order valence-corrected chi connectivity index (χ4v) is 4.65. The Morgan fingerprint density at radius 3 is 2.52 bits per heavy atom. The van der Waals surface area contributed by atoms with Gasteiger partial charge in [0, 0.05) is 35.5 Å². The molecule has 33 heavy (non-hydrogen) atoms. The number of carboxylic acids is 1. The van der Waals surface area contributed by atoms with Crippen molar-refractivity contribution in [1.29, 1.82) is 0 Å². The van der Waals surface area contributed by atoms with Crippen molar-refractivity contribution >= 4 is 41.3 Å². The summed E-state index contributed by atoms with van der Waals surface area (Å²) in [6, 6.07) is 9.63. The number of carboxylic acid groups (broad SMARTS) is 1. The Kier molecular flexibility index (Phi) is 8.80. The first-order valence-corrected chi connectivity index (χ1v) is 11.7. The quantitative estimate of drug-likeness (QED) is 0.461. The van der Waals surface area contributed by atoms with Crippen LogP contribution in [0.5, 0.6) is 0 Å². The number of carbonyl (C=O) groups is 2. The molecule has 0 aromatic heterocycles. The van der Waals surface area contributed by atoms with E-state index in [1.807, 2.05) is 0 Å². The summed E-state index contributed by atoms with van der Waals surface area (Å²) in [5.41, 5.74) is 0.0352. The van der Waals surface area contributed by atoms with Crippen LogP contribution in [0.4, 0.5) is 19.3 Å². The number of likely N-dealkylation sites (tertiary alicyclic amines) is 1. The number of nitrogens with zero attached hydrogens (tertiary/aromatic N) is 2. The lowest BCUT2D eigenvalue weighted by Gasteiger charge is -2.33. The lowest BCUT2D eigenvalue weighted by atomic mass is 9.94. The Hall–Kier alpha value is -2.52. The molecule has 1 heterocycles. The predicted octanol–water partition coefficient (Wildman–Crippen LogP) is 5.84. The van der Waals surface area contributed by atoms with Crippen LogP contribution in [0.25, 0.3) is 0 Å². The van der Waals surface area contributed by atoms with Crippen molar-refractivity contribution in [2.24, 2.45) is 5.92 Å². The molecule has 0 aliphatic carbocycles. The van der Waals surface area contributed by atoms with E-state index in [1.54, 1.807) is 40.4 Å². The number of anilines is 1. The third-order valence-electron chi connectivity index (χ3n) is 5.35. The van der Waals surface area contributed by atoms with Crippen molar-refractivity contribution < 1.29 is 28.2 Å². The molecule has 6 nitrogen and oxygen atoms in total. The maximum absolute atomic E-state index is 14.6. The third-order valence-corrected chi connectivity index (χ3v) is 6.84. The molecule has 1 fully saturated rings. The van der Waals surface area contributed by atoms with E-state index in [4.69, 9.17) is 21.4 Å². The predicted molar refractivity (Wildman–Crippen MR) is 124 cm³/mol. The molecule has 10 heteroatoms. The van der Waals surface area contributed by atoms with Gasteiger partial charge in [-0.15, -0.1) is 0 Å². The fraction of sp³-hybridized carbons (Fsp3) is 0.391. The van der Waals surface area contributed by atoms with Gasteiger partial charge in [0.25, 0.3) is 0 Å². The van der Waals surface area contributed by atoms with Gasteiger partial charge in [-0.1, -0.05) is 11.6 Å². The molecular formula is C23H25ClF2N2O4S. The summed E-state index contributed by atoms with van der Waals surface area (Å²) >= 11 is 7.12. The highest BCUT2D eigenvalue weighted by atomic mass is 35.5. The maximum atomic E-state index is 14.6. The van der Waals surface area contributed by atoms with E-state index in [0.29, 0.717) is 31.0 Å². The van der Waals surface area contributed by atoms with Crippen molar-refractivity contribution in [2.75, 3.05) is 24.0 Å². The molecule has 0 bridgehead atoms. The van der Waals surface area contributed by atoms with Gasteiger partial charge < -0.3 is 19.0 Å². The van der Waals surface area contributed by atoms with Crippen LogP contribution < -0.4 is 4.31 Å². The van der Waals surface area contributed by atoms with E-state index in [0.717, 1.165) is 23.1 Å². The average Bonchev–Trinajstić information content (AvgIpc) is 2.78. The van der Waals surface area contributed by atoms with E-state index in [9.17, 15) is 18.4 Å². The molecule has 1 aliphatic heterocycles. The van der Waals surface area contributed by atoms with Crippen molar-refractivity contribution in [3.05, 3.63) is 59.1 Å². The number of hydrogen-bond acceptors (Lipinski definition) is 5. The molecule has 1 aliphatic rings. The van der Waals surface area contributed by atoms with Crippen LogP contribution >= 0.6 is 23.5 Å². The second-order valence-electron chi connectivity index (χ2n) is 7.92. The number of carbonyl (C=O) groups excluding carboxylic acids is 1. The normalized spacial score (nSPS) is 15.2. The Morgan fingerprint density at radius 1 is 1.21 bits per heavy atom. The zero-order valence-electron chi connectivity index (χ0n) is 18.0. The molecule has 1 amide bonds. The smallest absolute Gasteiger partial charge is 0.409 e. The SMILES string of the molecule is CC(COC(=O)N1CCC(CC(=O)O)CC1)N(Sc1ccc(Cl)cc1)c1cc(F)ccc1F. The molecule has 1 unspecified atom stereocenters. The molecule has 2 aromatic carbocycles. The summed E-state index contributed by atoms with van der Waals surface area (Å²) in [7, 11) is 0. The second-order valence-corrected chi connectivity index (χ2v) is 9.40. The fourth-order valence-electron chi connectivity index (χ4n) is 3.56. The molecular weight excluding hydrogens is 474 g/mol. The molecule has 178 valence electrons. The Labute approximate surface area is 200 Å². The molecule has 0 saturated carbocycles. The van der Waals surface area contributed by atoms with Crippen molar-refractivity contribution in [1.82, 2.24) is 4.90 Å². The topological polar surface area (TPSA) is 70.1 Å². The zero-order chi connectivity index (χ0) is 24.0. The number of hydrogen-bond donors (Lipinski definition) is 1. The lowest BCUT2D eigenvalue weighted by molar-refractivity contribution is -0.138. The van der Waals surface area contributed by atoms with Crippen LogP contribution in [0.2, 0.25) is 5.02 Å². The second kappa shape index (κ2) is 11.6. The Balaban J connectivity index is 1.65. The average molecular weight is 499 g/mol. The van der Waals surface area contributed by atoms with Gasteiger partial charge >= 0.3 is 12.1 Å². The van der Waals surface area contributed by atoms with E-state index < -0.39 is 29.7 Å². The summed E-state index contributed by atoms with van der Waals surface area (Å²) in [6.45, 7) is 2.55. The molecule has 3 rings (SSSR count). The Morgan fingerprint density at radius 2 is 1.88 bits per heavy atom. The first-order chi connectivity index (χ1) is 15.7. The molecule has 1 N–H and O–H groups in total. The molecule has 0 spiro atoms. The van der Waals surface area contributed by atoms with Crippen LogP contribution in [0, 0.1) is 17.6 Å². The standard InChI is InChI=1S/C23H25ClF2N2O4S/c1-15(14-32-23(31)27-10-8-16(9-11-27)12-22(29)30)28(21-13-18(25)4-7-20(21)26)33-19-5-2-17(24)3-6-19/h2-7,13,15-16H,8-12,14H2,1H3,(H,29,30). The van der Waals surface area contributed by atoms with Crippen LogP contribution in [-0.2, 0) is 9.53 Å². The van der Waals surface area contributed by atoms with E-state index in [1.165, 1.54) is 11.9 Å². The molecule has 0 radical (unpaired) electrons. The molecule has 1 atom stereocenters. The Bertz CT molecular complexity index is 971. The molecule has 1 saturated heterocycles. The van der Waals surface area contributed by atoms with Crippen LogP contribution in [-0.4, -0.2) is 47.8 Å². The van der Waals surface area contributed by atoms with Gasteiger partial charge in [0.2, 0.25) is 0 Å². The molecule has 2 aromatic rings. The van der Waals surface area contributed by atoms with Gasteiger partial charge in [0.05, 0.1) is 11.7 Å². The minimum absolute atomic E-state index is 0.0352. The zero-order valence-corrected chi connectivity index (χ0v) is 19.6. The highest BCUT2D eigenvalue weighted by Crippen LogP contribution is 2.34. The first-order valence-electron chi connectivity index (χ1n) is 10.5. The number of benzene rings is 2. The summed E-state index contributed by atoms with van der Waals surface area (Å²) < 4.78 is 35.5. The highest BCUT2D eigenvalue weighted by molar-refractivity contribution is 8.00. The highest BCUT2D eigenvalue weighted by Gasteiger charge is 2.27. The van der Waals surface area contributed by atoms with Crippen LogP contribution in [0.3, 0.4) is 0 Å². The van der Waals surface area contributed by atoms with Crippen molar-refractivity contribution in [3.63, 3.8) is 0 Å². The number of ether oxygens (including phenoxy) is 1. The third kappa shape index (κ3) is 7.23. The van der Waals surface area contributed by atoms with Crippen LogP contribution in [0.1, 0.15) is 26.2 Å². The first kappa shape index (κ1) is 25.1. The number of amides is 1. The van der Waals surface area contributed by atoms with Crippen LogP contribution in [0.15, 0.2) is 47.4 Å². The minimum atomic E-state index is -0.840. The van der Waals surface area contributed by atoms with E-state index in [2.05, 4.69) is 0 Å². The monoisotopic (exact) mass is 498 g/mol.